The van der Waals surface area contributed by atoms with Crippen LogP contribution in [0.25, 0.3) is 0 Å². The molecule has 3 nitrogen and oxygen atoms in total. The van der Waals surface area contributed by atoms with Crippen LogP contribution in [-0.2, 0) is 9.53 Å². The molecule has 96 valence electrons. The van der Waals surface area contributed by atoms with E-state index >= 15 is 0 Å². The van der Waals surface area contributed by atoms with Crippen molar-refractivity contribution in [2.75, 3.05) is 6.61 Å². The molecule has 0 aromatic carbocycles. The first-order chi connectivity index (χ1) is 7.73. The van der Waals surface area contributed by atoms with Gasteiger partial charge in [0.2, 0.25) is 0 Å². The lowest BCUT2D eigenvalue weighted by Crippen LogP contribution is -2.16. The predicted molar refractivity (Wildman–Crippen MR) is 58.7 cm³/mol. The fraction of sp³-hybridized carbons (Fsp3) is 0.455. The van der Waals surface area contributed by atoms with Crippen molar-refractivity contribution < 1.29 is 22.7 Å². The van der Waals surface area contributed by atoms with Crippen molar-refractivity contribution in [3.63, 3.8) is 0 Å². The number of rotatable bonds is 4. The SMILES string of the molecule is C=C(C(=O)OCC)C(C)=N/C(=C\C)C(F)(F)F. The Morgan fingerprint density at radius 3 is 2.35 bits per heavy atom. The number of hydrogen-bond acceptors (Lipinski definition) is 3. The molecule has 0 aliphatic heterocycles. The van der Waals surface area contributed by atoms with Crippen LogP contribution in [0.3, 0.4) is 0 Å². The standard InChI is InChI=1S/C11H14F3NO2/c1-5-9(11(12,13)14)15-8(4)7(3)10(16)17-6-2/h5H,3,6H2,1-2,4H3/b9-5-,15-8?. The monoisotopic (exact) mass is 249 g/mol. The van der Waals surface area contributed by atoms with Crippen molar-refractivity contribution in [2.24, 2.45) is 4.99 Å². The number of hydrogen-bond donors (Lipinski definition) is 0. The smallest absolute Gasteiger partial charge is 0.433 e. The zero-order chi connectivity index (χ0) is 13.6. The number of allylic oxidation sites excluding steroid dienone is 2. The number of alkyl halides is 3. The van der Waals surface area contributed by atoms with Gasteiger partial charge in [-0.25, -0.2) is 9.79 Å². The van der Waals surface area contributed by atoms with E-state index in [2.05, 4.69) is 16.3 Å². The van der Waals surface area contributed by atoms with E-state index in [0.717, 1.165) is 6.08 Å². The molecule has 0 amide bonds. The Morgan fingerprint density at radius 1 is 1.47 bits per heavy atom. The van der Waals surface area contributed by atoms with E-state index in [4.69, 9.17) is 0 Å². The minimum Gasteiger partial charge on any atom is -0.462 e. The van der Waals surface area contributed by atoms with Gasteiger partial charge in [-0.1, -0.05) is 12.7 Å². The third kappa shape index (κ3) is 4.84. The van der Waals surface area contributed by atoms with E-state index in [-0.39, 0.29) is 17.9 Å². The molecule has 0 unspecified atom stereocenters. The van der Waals surface area contributed by atoms with Gasteiger partial charge in [0.25, 0.3) is 0 Å². The minimum absolute atomic E-state index is 0.117. The molecule has 0 rings (SSSR count). The molecule has 0 radical (unpaired) electrons. The van der Waals surface area contributed by atoms with Crippen molar-refractivity contribution >= 4 is 11.7 Å². The van der Waals surface area contributed by atoms with Gasteiger partial charge in [0.05, 0.1) is 17.9 Å². The lowest BCUT2D eigenvalue weighted by Gasteiger charge is -2.09. The van der Waals surface area contributed by atoms with Gasteiger partial charge in [-0.3, -0.25) is 0 Å². The number of aliphatic imine (C=N–C) groups is 1. The summed E-state index contributed by atoms with van der Waals surface area (Å²) in [4.78, 5) is 14.5. The van der Waals surface area contributed by atoms with Crippen molar-refractivity contribution in [3.8, 4) is 0 Å². The fourth-order valence-electron chi connectivity index (χ4n) is 0.906. The lowest BCUT2D eigenvalue weighted by atomic mass is 10.2. The second-order valence-corrected chi connectivity index (χ2v) is 3.07. The van der Waals surface area contributed by atoms with Crippen molar-refractivity contribution in [2.45, 2.75) is 26.9 Å². The molecular formula is C11H14F3NO2. The third-order valence-corrected chi connectivity index (χ3v) is 1.81. The van der Waals surface area contributed by atoms with E-state index in [9.17, 15) is 18.0 Å². The summed E-state index contributed by atoms with van der Waals surface area (Å²) in [5.41, 5.74) is -1.37. The highest BCUT2D eigenvalue weighted by Gasteiger charge is 2.33. The summed E-state index contributed by atoms with van der Waals surface area (Å²) in [6.07, 6.45) is -3.73. The highest BCUT2D eigenvalue weighted by atomic mass is 19.4. The van der Waals surface area contributed by atoms with Crippen LogP contribution >= 0.6 is 0 Å². The molecule has 0 spiro atoms. The maximum Gasteiger partial charge on any atom is 0.433 e. The summed E-state index contributed by atoms with van der Waals surface area (Å²) in [7, 11) is 0. The van der Waals surface area contributed by atoms with Crippen LogP contribution in [0.4, 0.5) is 13.2 Å². The number of carbonyl (C=O) groups excluding carboxylic acids is 1. The number of carbonyl (C=O) groups is 1. The van der Waals surface area contributed by atoms with Gasteiger partial charge in [-0.15, -0.1) is 0 Å². The molecule has 0 aliphatic carbocycles. The lowest BCUT2D eigenvalue weighted by molar-refractivity contribution is -0.137. The Bertz CT molecular complexity index is 367. The minimum atomic E-state index is -4.55. The second-order valence-electron chi connectivity index (χ2n) is 3.07. The van der Waals surface area contributed by atoms with Crippen molar-refractivity contribution in [3.05, 3.63) is 23.9 Å². The van der Waals surface area contributed by atoms with Crippen LogP contribution in [0.5, 0.6) is 0 Å². The maximum atomic E-state index is 12.4. The Morgan fingerprint density at radius 2 is 2.00 bits per heavy atom. The number of halogens is 3. The van der Waals surface area contributed by atoms with E-state index < -0.39 is 17.8 Å². The molecule has 17 heavy (non-hydrogen) atoms. The molecule has 0 aromatic rings. The van der Waals surface area contributed by atoms with Crippen LogP contribution in [0.15, 0.2) is 28.9 Å². The van der Waals surface area contributed by atoms with E-state index in [0.29, 0.717) is 0 Å². The summed E-state index contributed by atoms with van der Waals surface area (Å²) in [5.74, 6) is -0.772. The highest BCUT2D eigenvalue weighted by Crippen LogP contribution is 2.26. The molecule has 0 aromatic heterocycles. The van der Waals surface area contributed by atoms with Gasteiger partial charge in [0.1, 0.15) is 5.70 Å². The van der Waals surface area contributed by atoms with Gasteiger partial charge < -0.3 is 4.74 Å². The first kappa shape index (κ1) is 15.4. The average Bonchev–Trinajstić information content (AvgIpc) is 2.23. The van der Waals surface area contributed by atoms with Gasteiger partial charge >= 0.3 is 12.1 Å². The van der Waals surface area contributed by atoms with Crippen molar-refractivity contribution in [1.82, 2.24) is 0 Å². The molecule has 0 saturated carbocycles. The Hall–Kier alpha value is -1.59. The quantitative estimate of drug-likeness (QED) is 0.436. The molecule has 0 fully saturated rings. The van der Waals surface area contributed by atoms with E-state index in [1.165, 1.54) is 13.8 Å². The predicted octanol–water partition coefficient (Wildman–Crippen LogP) is 3.03. The first-order valence-corrected chi connectivity index (χ1v) is 4.89. The number of nitrogens with zero attached hydrogens (tertiary/aromatic N) is 1. The topological polar surface area (TPSA) is 38.7 Å². The summed E-state index contributed by atoms with van der Waals surface area (Å²) in [6, 6.07) is 0. The largest absolute Gasteiger partial charge is 0.462 e. The van der Waals surface area contributed by atoms with Crippen LogP contribution in [-0.4, -0.2) is 24.5 Å². The first-order valence-electron chi connectivity index (χ1n) is 4.89. The van der Waals surface area contributed by atoms with Crippen molar-refractivity contribution in [1.29, 1.82) is 0 Å². The van der Waals surface area contributed by atoms with Crippen LogP contribution in [0.1, 0.15) is 20.8 Å². The van der Waals surface area contributed by atoms with E-state index in [1.54, 1.807) is 6.92 Å². The van der Waals surface area contributed by atoms with Crippen LogP contribution < -0.4 is 0 Å². The van der Waals surface area contributed by atoms with Gasteiger partial charge in [0.15, 0.2) is 0 Å². The Labute approximate surface area is 97.7 Å². The van der Waals surface area contributed by atoms with Gasteiger partial charge in [-0.05, 0) is 20.8 Å². The van der Waals surface area contributed by atoms with Gasteiger partial charge in [-0.2, -0.15) is 13.2 Å². The molecule has 0 aliphatic rings. The van der Waals surface area contributed by atoms with Gasteiger partial charge in [0, 0.05) is 0 Å². The van der Waals surface area contributed by atoms with Crippen LogP contribution in [0.2, 0.25) is 0 Å². The zero-order valence-corrected chi connectivity index (χ0v) is 9.89. The normalized spacial score (nSPS) is 13.5. The fourth-order valence-corrected chi connectivity index (χ4v) is 0.906. The number of esters is 1. The summed E-state index contributed by atoms with van der Waals surface area (Å²) < 4.78 is 41.7. The van der Waals surface area contributed by atoms with E-state index in [1.807, 2.05) is 0 Å². The molecule has 6 heteroatoms. The molecule has 0 saturated heterocycles. The highest BCUT2D eigenvalue weighted by molar-refractivity contribution is 6.18. The molecule has 0 bridgehead atoms. The van der Waals surface area contributed by atoms with Crippen LogP contribution in [0, 0.1) is 0 Å². The molecule has 0 N–H and O–H groups in total. The number of ether oxygens (including phenoxy) is 1. The molecule has 0 heterocycles. The Balaban J connectivity index is 4.98. The Kier molecular flexibility index (Phi) is 5.64. The molecule has 0 atom stereocenters. The average molecular weight is 249 g/mol. The maximum absolute atomic E-state index is 12.4. The molecular weight excluding hydrogens is 235 g/mol. The summed E-state index contributed by atoms with van der Waals surface area (Å²) in [5, 5.41) is 0. The third-order valence-electron chi connectivity index (χ3n) is 1.81. The summed E-state index contributed by atoms with van der Waals surface area (Å²) in [6.45, 7) is 7.54. The summed E-state index contributed by atoms with van der Waals surface area (Å²) >= 11 is 0. The second kappa shape index (κ2) is 6.22. The zero-order valence-electron chi connectivity index (χ0n) is 9.89.